The first-order chi connectivity index (χ1) is 26.7. The first-order valence-corrected chi connectivity index (χ1v) is 20.0. The molecule has 0 saturated heterocycles. The van der Waals surface area contributed by atoms with E-state index in [4.69, 9.17) is 40.2 Å². The van der Waals surface area contributed by atoms with Crippen molar-refractivity contribution in [1.82, 2.24) is 0 Å². The zero-order chi connectivity index (χ0) is 46.0. The Morgan fingerprint density at radius 2 is 0.982 bits per heavy atom. The van der Waals surface area contributed by atoms with Crippen LogP contribution in [0.15, 0.2) is 20.5 Å². The highest BCUT2D eigenvalue weighted by Gasteiger charge is 2.10. The minimum atomic E-state index is 0.0519. The summed E-state index contributed by atoms with van der Waals surface area (Å²) >= 11 is 0. The van der Waals surface area contributed by atoms with Crippen molar-refractivity contribution in [2.24, 2.45) is 61.9 Å². The number of nitriles is 1. The molecule has 0 aliphatic carbocycles. The maximum Gasteiger partial charge on any atom is 0.0624 e. The van der Waals surface area contributed by atoms with Crippen molar-refractivity contribution in [2.45, 2.75) is 181 Å². The smallest absolute Gasteiger partial charge is 0.0624 e. The molecular weight excluding hydrogens is 711 g/mol. The van der Waals surface area contributed by atoms with Crippen LogP contribution in [-0.2, 0) is 0 Å². The van der Waals surface area contributed by atoms with Crippen molar-refractivity contribution in [1.29, 1.82) is 5.26 Å². The van der Waals surface area contributed by atoms with Gasteiger partial charge in [-0.2, -0.15) is 5.26 Å². The van der Waals surface area contributed by atoms with E-state index in [-0.39, 0.29) is 18.1 Å². The van der Waals surface area contributed by atoms with Crippen molar-refractivity contribution < 1.29 is 0 Å². The topological polar surface area (TPSA) is 219 Å². The monoisotopic (exact) mass is 790 g/mol. The van der Waals surface area contributed by atoms with Gasteiger partial charge < -0.3 is 0 Å². The normalized spacial score (nSPS) is 10.3. The molecule has 0 bridgehead atoms. The summed E-state index contributed by atoms with van der Waals surface area (Å²) in [7, 11) is 0. The summed E-state index contributed by atoms with van der Waals surface area (Å²) in [6.07, 6.45) is 15.9. The Morgan fingerprint density at radius 1 is 0.579 bits per heavy atom. The van der Waals surface area contributed by atoms with Gasteiger partial charge in [-0.1, -0.05) is 131 Å². The summed E-state index contributed by atoms with van der Waals surface area (Å²) in [5.74, 6) is 19.8. The molecule has 0 rings (SSSR count). The number of azide groups is 4. The molecule has 320 valence electrons. The van der Waals surface area contributed by atoms with Crippen molar-refractivity contribution in [2.75, 3.05) is 6.54 Å². The molecular formula is C44H79N13. The molecule has 0 aromatic carbocycles. The van der Waals surface area contributed by atoms with Gasteiger partial charge in [-0.05, 0) is 84.8 Å². The fourth-order valence-corrected chi connectivity index (χ4v) is 3.32. The van der Waals surface area contributed by atoms with Crippen molar-refractivity contribution >= 4 is 0 Å². The van der Waals surface area contributed by atoms with Gasteiger partial charge in [-0.15, -0.1) is 48.4 Å². The Bertz CT molecular complexity index is 1360. The van der Waals surface area contributed by atoms with Gasteiger partial charge in [0.05, 0.1) is 6.07 Å². The molecule has 0 aromatic rings. The summed E-state index contributed by atoms with van der Waals surface area (Å²) < 4.78 is 0. The van der Waals surface area contributed by atoms with Gasteiger partial charge in [0, 0.05) is 75.4 Å². The molecule has 0 spiro atoms. The highest BCUT2D eigenvalue weighted by atomic mass is 15.2. The summed E-state index contributed by atoms with van der Waals surface area (Å²) in [5.41, 5.74) is 32.4. The molecule has 0 amide bonds. The average Bonchev–Trinajstić information content (AvgIpc) is 3.13. The molecule has 0 heterocycles. The van der Waals surface area contributed by atoms with Crippen LogP contribution in [0.5, 0.6) is 0 Å². The van der Waals surface area contributed by atoms with E-state index in [1.807, 2.05) is 69.2 Å². The second-order valence-electron chi connectivity index (χ2n) is 15.0. The molecule has 0 radical (unpaired) electrons. The zero-order valence-electron chi connectivity index (χ0n) is 38.9. The van der Waals surface area contributed by atoms with Crippen LogP contribution in [0.2, 0.25) is 0 Å². The molecule has 0 N–H and O–H groups in total. The molecule has 3 atom stereocenters. The van der Waals surface area contributed by atoms with Crippen LogP contribution in [0.25, 0.3) is 41.8 Å². The Balaban J connectivity index is -0.000000105. The van der Waals surface area contributed by atoms with E-state index in [1.54, 1.807) is 0 Å². The average molecular weight is 790 g/mol. The molecule has 0 aliphatic heterocycles. The van der Waals surface area contributed by atoms with E-state index < -0.39 is 0 Å². The third-order valence-electron chi connectivity index (χ3n) is 6.60. The Kier molecular flexibility index (Phi) is 64.8. The molecule has 0 saturated carbocycles. The molecule has 13 heteroatoms. The predicted molar refractivity (Wildman–Crippen MR) is 245 cm³/mol. The zero-order valence-corrected chi connectivity index (χ0v) is 38.9. The number of hydrogen-bond acceptors (Lipinski definition) is 5. The second-order valence-corrected chi connectivity index (χ2v) is 15.0. The maximum atomic E-state index is 8.26. The third kappa shape index (κ3) is 76.5. The fourth-order valence-electron chi connectivity index (χ4n) is 3.32. The second kappa shape index (κ2) is 55.3. The van der Waals surface area contributed by atoms with Gasteiger partial charge in [0.15, 0.2) is 0 Å². The summed E-state index contributed by atoms with van der Waals surface area (Å²) in [6.45, 7) is 34.9. The molecule has 3 unspecified atom stereocenters. The lowest BCUT2D eigenvalue weighted by Gasteiger charge is -2.12. The van der Waals surface area contributed by atoms with Crippen LogP contribution >= 0.6 is 0 Å². The lowest BCUT2D eigenvalue weighted by atomic mass is 10.0. The minimum Gasteiger partial charge on any atom is -0.198 e. The molecule has 13 nitrogen and oxygen atoms in total. The van der Waals surface area contributed by atoms with Crippen LogP contribution < -0.4 is 0 Å². The van der Waals surface area contributed by atoms with Gasteiger partial charge in [-0.25, -0.2) is 0 Å². The van der Waals surface area contributed by atoms with Gasteiger partial charge in [-0.3, -0.25) is 0 Å². The SMILES string of the molecule is C#CC(C)C.C#CCCC(N=[N+]=[N-])C(C)C.CC#CC(C)C.CC#CCCC(N=[N+]=[N-])C(C)C.CC(C)CC#N.CC(C)CN=[N+]=[N-].CCCC(N=[N+]=[N-])C(C)C. The highest BCUT2D eigenvalue weighted by Crippen LogP contribution is 2.14. The summed E-state index contributed by atoms with van der Waals surface area (Å²) in [4.78, 5) is 11.0. The van der Waals surface area contributed by atoms with E-state index in [0.717, 1.165) is 32.1 Å². The Hall–Kier alpha value is -5.03. The Morgan fingerprint density at radius 3 is 1.16 bits per heavy atom. The first-order valence-electron chi connectivity index (χ1n) is 20.0. The lowest BCUT2D eigenvalue weighted by Crippen LogP contribution is -2.11. The summed E-state index contributed by atoms with van der Waals surface area (Å²) in [6, 6.07) is 2.40. The number of terminal acetylenes is 2. The number of rotatable bonds is 15. The third-order valence-corrected chi connectivity index (χ3v) is 6.60. The van der Waals surface area contributed by atoms with E-state index in [9.17, 15) is 0 Å². The van der Waals surface area contributed by atoms with E-state index >= 15 is 0 Å². The van der Waals surface area contributed by atoms with Crippen LogP contribution in [0.4, 0.5) is 0 Å². The van der Waals surface area contributed by atoms with Crippen molar-refractivity contribution in [3.05, 3.63) is 41.8 Å². The molecule has 0 fully saturated rings. The Labute approximate surface area is 349 Å². The highest BCUT2D eigenvalue weighted by molar-refractivity contribution is 4.97. The van der Waals surface area contributed by atoms with Crippen LogP contribution in [0, 0.1) is 101 Å². The van der Waals surface area contributed by atoms with E-state index in [1.165, 1.54) is 0 Å². The van der Waals surface area contributed by atoms with Gasteiger partial charge in [0.1, 0.15) is 0 Å². The quantitative estimate of drug-likeness (QED) is 0.0672. The summed E-state index contributed by atoms with van der Waals surface area (Å²) in [5, 5.41) is 22.4. The van der Waals surface area contributed by atoms with E-state index in [0.29, 0.717) is 60.8 Å². The molecule has 0 aromatic heterocycles. The molecule has 57 heavy (non-hydrogen) atoms. The standard InChI is InChI=1S/C9H15N3.C8H13N3.C7H15N3.C6H10.C5H9N.C5H8.C4H9N3/c1-4-5-6-7-9(8(2)3)11-12-10;1-4-5-6-8(7(2)3)10-11-9;1-4-5-7(6(2)3)9-10-8;1-4-5-6(2)3;1-5(2)3-4-6;1-4-5(2)3;1-4(2)3-6-7-5/h8-9H,6-7H2,1-3H3;1,7-8H,5-6H2,2-3H3;6-7H,4-5H2,1-3H3;6H,1-3H3;5H,3H2,1-2H3;1,5H,2-3H3;4H,3H2,1-2H3. The maximum absolute atomic E-state index is 8.26. The predicted octanol–water partition coefficient (Wildman–Crippen LogP) is 15.4. The van der Waals surface area contributed by atoms with Crippen LogP contribution in [0.3, 0.4) is 0 Å². The van der Waals surface area contributed by atoms with Crippen molar-refractivity contribution in [3.8, 4) is 54.4 Å². The fraction of sp³-hybridized carbons (Fsp3) is 0.795. The van der Waals surface area contributed by atoms with Crippen molar-refractivity contribution in [3.63, 3.8) is 0 Å². The van der Waals surface area contributed by atoms with Crippen LogP contribution in [0.1, 0.15) is 163 Å². The minimum absolute atomic E-state index is 0.0519. The largest absolute Gasteiger partial charge is 0.198 e. The molecule has 0 aliphatic rings. The van der Waals surface area contributed by atoms with Gasteiger partial charge >= 0.3 is 0 Å². The first kappa shape index (κ1) is 66.8. The number of nitrogens with zero attached hydrogens (tertiary/aromatic N) is 13. The van der Waals surface area contributed by atoms with Gasteiger partial charge in [0.2, 0.25) is 0 Å². The van der Waals surface area contributed by atoms with Gasteiger partial charge in [0.25, 0.3) is 0 Å². The van der Waals surface area contributed by atoms with E-state index in [2.05, 4.69) is 130 Å². The number of hydrogen-bond donors (Lipinski definition) is 0. The lowest BCUT2D eigenvalue weighted by molar-refractivity contribution is 0.458. The van der Waals surface area contributed by atoms with Crippen LogP contribution in [-0.4, -0.2) is 24.7 Å².